The summed E-state index contributed by atoms with van der Waals surface area (Å²) in [6.07, 6.45) is 12.7. The zero-order valence-electron chi connectivity index (χ0n) is 6.09. The van der Waals surface area contributed by atoms with Crippen LogP contribution in [0.4, 0.5) is 0 Å². The van der Waals surface area contributed by atoms with E-state index in [0.717, 1.165) is 19.4 Å². The first-order valence-corrected chi connectivity index (χ1v) is 3.66. The van der Waals surface area contributed by atoms with Gasteiger partial charge in [0, 0.05) is 0 Å². The molecule has 1 heteroatoms. The zero-order valence-corrected chi connectivity index (χ0v) is 6.09. The monoisotopic (exact) mass is 135 g/mol. The van der Waals surface area contributed by atoms with Crippen molar-refractivity contribution in [2.24, 2.45) is 5.73 Å². The molecular weight excluding hydrogens is 122 g/mol. The lowest BCUT2D eigenvalue weighted by Gasteiger charge is -1.94. The third-order valence-corrected chi connectivity index (χ3v) is 1.48. The van der Waals surface area contributed by atoms with Gasteiger partial charge < -0.3 is 5.73 Å². The van der Waals surface area contributed by atoms with Crippen molar-refractivity contribution in [1.29, 1.82) is 0 Å². The van der Waals surface area contributed by atoms with Crippen LogP contribution in [0.15, 0.2) is 36.0 Å². The predicted molar refractivity (Wildman–Crippen MR) is 44.7 cm³/mol. The second-order valence-electron chi connectivity index (χ2n) is 2.35. The van der Waals surface area contributed by atoms with E-state index in [4.69, 9.17) is 5.73 Å². The molecule has 0 aromatic heterocycles. The Morgan fingerprint density at radius 1 is 1.40 bits per heavy atom. The highest BCUT2D eigenvalue weighted by molar-refractivity contribution is 5.27. The molecule has 0 saturated heterocycles. The van der Waals surface area contributed by atoms with Gasteiger partial charge in [-0.15, -0.1) is 0 Å². The second-order valence-corrected chi connectivity index (χ2v) is 2.35. The van der Waals surface area contributed by atoms with Gasteiger partial charge in [0.1, 0.15) is 0 Å². The molecule has 0 spiro atoms. The first kappa shape index (κ1) is 7.29. The Bertz CT molecular complexity index is 175. The number of allylic oxidation sites excluding steroid dienone is 5. The lowest BCUT2D eigenvalue weighted by atomic mass is 10.2. The number of nitrogens with two attached hydrogens (primary N) is 1. The summed E-state index contributed by atoms with van der Waals surface area (Å²) in [6.45, 7) is 0.740. The highest BCUT2D eigenvalue weighted by Gasteiger charge is 1.89. The van der Waals surface area contributed by atoms with Gasteiger partial charge >= 0.3 is 0 Å². The Balaban J connectivity index is 2.55. The van der Waals surface area contributed by atoms with Gasteiger partial charge in [0.2, 0.25) is 0 Å². The van der Waals surface area contributed by atoms with Crippen molar-refractivity contribution in [2.75, 3.05) is 6.54 Å². The van der Waals surface area contributed by atoms with E-state index in [1.165, 1.54) is 5.57 Å². The van der Waals surface area contributed by atoms with Crippen LogP contribution >= 0.6 is 0 Å². The van der Waals surface area contributed by atoms with E-state index in [1.807, 2.05) is 0 Å². The number of hydrogen-bond donors (Lipinski definition) is 1. The van der Waals surface area contributed by atoms with E-state index in [9.17, 15) is 0 Å². The maximum atomic E-state index is 5.41. The Labute approximate surface area is 61.9 Å². The smallest absolute Gasteiger partial charge is 0.00367 e. The number of hydrogen-bond acceptors (Lipinski definition) is 1. The normalized spacial score (nSPS) is 16.7. The van der Waals surface area contributed by atoms with Gasteiger partial charge in [-0.05, 0) is 25.0 Å². The summed E-state index contributed by atoms with van der Waals surface area (Å²) < 4.78 is 0. The predicted octanol–water partition coefficient (Wildman–Crippen LogP) is 1.78. The standard InChI is InChI=1S/C9H13N/c10-8-7-9-5-3-1-2-4-6-9/h1,3-6H,2,7-8,10H2. The van der Waals surface area contributed by atoms with Crippen LogP contribution in [-0.2, 0) is 0 Å². The van der Waals surface area contributed by atoms with Gasteiger partial charge in [-0.2, -0.15) is 0 Å². The first-order valence-electron chi connectivity index (χ1n) is 3.66. The van der Waals surface area contributed by atoms with Crippen LogP contribution in [0, 0.1) is 0 Å². The summed E-state index contributed by atoms with van der Waals surface area (Å²) in [5, 5.41) is 0. The summed E-state index contributed by atoms with van der Waals surface area (Å²) in [5.74, 6) is 0. The van der Waals surface area contributed by atoms with Crippen molar-refractivity contribution in [3.8, 4) is 0 Å². The molecule has 0 heterocycles. The average Bonchev–Trinajstić information content (AvgIpc) is 2.17. The number of rotatable bonds is 2. The van der Waals surface area contributed by atoms with E-state index < -0.39 is 0 Å². The maximum absolute atomic E-state index is 5.41. The van der Waals surface area contributed by atoms with Crippen LogP contribution in [0.1, 0.15) is 12.8 Å². The average molecular weight is 135 g/mol. The van der Waals surface area contributed by atoms with E-state index in [-0.39, 0.29) is 0 Å². The lowest BCUT2D eigenvalue weighted by molar-refractivity contribution is 0.973. The van der Waals surface area contributed by atoms with Crippen LogP contribution in [-0.4, -0.2) is 6.54 Å². The van der Waals surface area contributed by atoms with E-state index in [2.05, 4.69) is 30.4 Å². The Morgan fingerprint density at radius 2 is 2.30 bits per heavy atom. The van der Waals surface area contributed by atoms with Crippen molar-refractivity contribution in [3.63, 3.8) is 0 Å². The zero-order chi connectivity index (χ0) is 7.23. The SMILES string of the molecule is NCCC1=CC=CCC=C1. The summed E-state index contributed by atoms with van der Waals surface area (Å²) in [6, 6.07) is 0. The van der Waals surface area contributed by atoms with Gasteiger partial charge in [-0.1, -0.05) is 30.4 Å². The Morgan fingerprint density at radius 3 is 3.10 bits per heavy atom. The highest BCUT2D eigenvalue weighted by atomic mass is 14.5. The molecule has 0 unspecified atom stereocenters. The summed E-state index contributed by atoms with van der Waals surface area (Å²) >= 11 is 0. The van der Waals surface area contributed by atoms with Crippen molar-refractivity contribution >= 4 is 0 Å². The summed E-state index contributed by atoms with van der Waals surface area (Å²) in [5.41, 5.74) is 6.74. The van der Waals surface area contributed by atoms with Gasteiger partial charge in [0.25, 0.3) is 0 Å². The minimum atomic E-state index is 0.740. The van der Waals surface area contributed by atoms with E-state index >= 15 is 0 Å². The molecule has 2 N–H and O–H groups in total. The van der Waals surface area contributed by atoms with Gasteiger partial charge in [0.15, 0.2) is 0 Å². The third-order valence-electron chi connectivity index (χ3n) is 1.48. The fraction of sp³-hybridized carbons (Fsp3) is 0.333. The molecule has 0 atom stereocenters. The molecule has 0 fully saturated rings. The fourth-order valence-corrected chi connectivity index (χ4v) is 0.957. The molecular formula is C9H13N. The van der Waals surface area contributed by atoms with Crippen LogP contribution in [0.5, 0.6) is 0 Å². The molecule has 0 bridgehead atoms. The molecule has 1 aliphatic rings. The Hall–Kier alpha value is -0.820. The second kappa shape index (κ2) is 4.07. The highest BCUT2D eigenvalue weighted by Crippen LogP contribution is 2.06. The molecule has 1 nitrogen and oxygen atoms in total. The maximum Gasteiger partial charge on any atom is -0.00367 e. The fourth-order valence-electron chi connectivity index (χ4n) is 0.957. The third kappa shape index (κ3) is 2.19. The molecule has 0 aliphatic heterocycles. The molecule has 1 rings (SSSR count). The molecule has 0 amide bonds. The molecule has 0 saturated carbocycles. The van der Waals surface area contributed by atoms with Gasteiger partial charge in [0.05, 0.1) is 0 Å². The summed E-state index contributed by atoms with van der Waals surface area (Å²) in [7, 11) is 0. The molecule has 0 aromatic rings. The van der Waals surface area contributed by atoms with Crippen molar-refractivity contribution in [1.82, 2.24) is 0 Å². The molecule has 10 heavy (non-hydrogen) atoms. The Kier molecular flexibility index (Phi) is 2.97. The molecule has 0 aromatic carbocycles. The van der Waals surface area contributed by atoms with E-state index in [0.29, 0.717) is 0 Å². The van der Waals surface area contributed by atoms with Crippen molar-refractivity contribution in [3.05, 3.63) is 36.0 Å². The minimum absolute atomic E-state index is 0.740. The van der Waals surface area contributed by atoms with Crippen LogP contribution in [0.2, 0.25) is 0 Å². The topological polar surface area (TPSA) is 26.0 Å². The molecule has 54 valence electrons. The van der Waals surface area contributed by atoms with Crippen molar-refractivity contribution in [2.45, 2.75) is 12.8 Å². The van der Waals surface area contributed by atoms with Crippen LogP contribution in [0.3, 0.4) is 0 Å². The molecule has 1 aliphatic carbocycles. The summed E-state index contributed by atoms with van der Waals surface area (Å²) in [4.78, 5) is 0. The van der Waals surface area contributed by atoms with Crippen LogP contribution < -0.4 is 5.73 Å². The van der Waals surface area contributed by atoms with Gasteiger partial charge in [-0.25, -0.2) is 0 Å². The first-order chi connectivity index (χ1) is 4.93. The quantitative estimate of drug-likeness (QED) is 0.613. The molecule has 0 radical (unpaired) electrons. The minimum Gasteiger partial charge on any atom is -0.330 e. The van der Waals surface area contributed by atoms with E-state index in [1.54, 1.807) is 0 Å². The van der Waals surface area contributed by atoms with Gasteiger partial charge in [-0.3, -0.25) is 0 Å². The van der Waals surface area contributed by atoms with Crippen molar-refractivity contribution < 1.29 is 0 Å². The largest absolute Gasteiger partial charge is 0.330 e. The van der Waals surface area contributed by atoms with Crippen LogP contribution in [0.25, 0.3) is 0 Å². The lowest BCUT2D eigenvalue weighted by Crippen LogP contribution is -1.98.